The van der Waals surface area contributed by atoms with Crippen molar-refractivity contribution in [2.24, 2.45) is 0 Å². The highest BCUT2D eigenvalue weighted by Gasteiger charge is 2.30. The van der Waals surface area contributed by atoms with Gasteiger partial charge in [-0.1, -0.05) is 6.07 Å². The molecule has 0 heterocycles. The second-order valence-electron chi connectivity index (χ2n) is 4.49. The molecule has 0 bridgehead atoms. The van der Waals surface area contributed by atoms with E-state index in [0.717, 1.165) is 4.90 Å². The van der Waals surface area contributed by atoms with Gasteiger partial charge in [0.15, 0.2) is 5.69 Å². The molecule has 1 N–H and O–H groups in total. The first kappa shape index (κ1) is 17.1. The summed E-state index contributed by atoms with van der Waals surface area (Å²) in [6.07, 6.45) is 1.83. The Morgan fingerprint density at radius 1 is 0.917 bits per heavy atom. The molecule has 24 heavy (non-hydrogen) atoms. The Bertz CT molecular complexity index is 806. The summed E-state index contributed by atoms with van der Waals surface area (Å²) in [6, 6.07) is 8.08. The van der Waals surface area contributed by atoms with Crippen LogP contribution in [0.15, 0.2) is 41.3 Å². The summed E-state index contributed by atoms with van der Waals surface area (Å²) in [7, 11) is 0. The standard InChI is InChI=1S/C13H10N4O6S/c1-24-10-4-2-3-8(5-10)14-13-11(16(20)21)6-9(15(18)19)7-12(13)17(22)23/h2-7,14H,1H3. The van der Waals surface area contributed by atoms with E-state index in [1.54, 1.807) is 24.3 Å². The highest BCUT2D eigenvalue weighted by Crippen LogP contribution is 2.40. The summed E-state index contributed by atoms with van der Waals surface area (Å²) in [5.41, 5.74) is -2.23. The quantitative estimate of drug-likeness (QED) is 0.470. The van der Waals surface area contributed by atoms with E-state index in [0.29, 0.717) is 17.8 Å². The highest BCUT2D eigenvalue weighted by atomic mass is 32.2. The van der Waals surface area contributed by atoms with Gasteiger partial charge in [-0.05, 0) is 24.5 Å². The SMILES string of the molecule is CSc1cccc(Nc2c([N+](=O)[O-])cc([N+](=O)[O-])cc2[N+](=O)[O-])c1. The van der Waals surface area contributed by atoms with Crippen molar-refractivity contribution in [3.8, 4) is 0 Å². The number of benzene rings is 2. The fraction of sp³-hybridized carbons (Fsp3) is 0.0769. The second kappa shape index (κ2) is 6.91. The molecule has 0 atom stereocenters. The van der Waals surface area contributed by atoms with Crippen molar-refractivity contribution in [3.63, 3.8) is 0 Å². The second-order valence-corrected chi connectivity index (χ2v) is 5.37. The third kappa shape index (κ3) is 3.57. The topological polar surface area (TPSA) is 141 Å². The van der Waals surface area contributed by atoms with Crippen LogP contribution in [-0.2, 0) is 0 Å². The van der Waals surface area contributed by atoms with E-state index in [1.807, 2.05) is 6.26 Å². The van der Waals surface area contributed by atoms with Crippen LogP contribution in [-0.4, -0.2) is 21.0 Å². The summed E-state index contributed by atoms with van der Waals surface area (Å²) in [5, 5.41) is 35.9. The van der Waals surface area contributed by atoms with Gasteiger partial charge in [0, 0.05) is 10.6 Å². The Labute approximate surface area is 138 Å². The van der Waals surface area contributed by atoms with Gasteiger partial charge in [0.2, 0.25) is 0 Å². The zero-order valence-electron chi connectivity index (χ0n) is 12.2. The first-order valence-corrected chi connectivity index (χ1v) is 7.58. The Kier molecular flexibility index (Phi) is 4.94. The molecule has 10 nitrogen and oxygen atoms in total. The van der Waals surface area contributed by atoms with Crippen LogP contribution in [0.5, 0.6) is 0 Å². The lowest BCUT2D eigenvalue weighted by Gasteiger charge is -2.09. The molecule has 2 aromatic carbocycles. The van der Waals surface area contributed by atoms with E-state index < -0.39 is 37.5 Å². The number of nitro groups is 3. The van der Waals surface area contributed by atoms with Crippen molar-refractivity contribution < 1.29 is 14.8 Å². The van der Waals surface area contributed by atoms with Gasteiger partial charge >= 0.3 is 11.4 Å². The van der Waals surface area contributed by atoms with Crippen molar-refractivity contribution in [2.75, 3.05) is 11.6 Å². The minimum atomic E-state index is -0.919. The van der Waals surface area contributed by atoms with Crippen LogP contribution in [0, 0.1) is 30.3 Å². The monoisotopic (exact) mass is 350 g/mol. The molecule has 0 unspecified atom stereocenters. The molecule has 0 aliphatic carbocycles. The summed E-state index contributed by atoms with van der Waals surface area (Å²) in [5.74, 6) is 0. The summed E-state index contributed by atoms with van der Waals surface area (Å²) in [4.78, 5) is 31.4. The molecule has 0 fully saturated rings. The van der Waals surface area contributed by atoms with Crippen LogP contribution in [0.3, 0.4) is 0 Å². The van der Waals surface area contributed by atoms with Crippen LogP contribution >= 0.6 is 11.8 Å². The number of hydrogen-bond donors (Lipinski definition) is 1. The number of nitrogens with zero attached hydrogens (tertiary/aromatic N) is 3. The molecule has 0 saturated carbocycles. The molecule has 124 valence electrons. The van der Waals surface area contributed by atoms with Gasteiger partial charge in [-0.2, -0.15) is 0 Å². The van der Waals surface area contributed by atoms with Gasteiger partial charge in [0.25, 0.3) is 5.69 Å². The number of thioether (sulfide) groups is 1. The summed E-state index contributed by atoms with van der Waals surface area (Å²) < 4.78 is 0. The first-order chi connectivity index (χ1) is 11.3. The van der Waals surface area contributed by atoms with Crippen molar-refractivity contribution in [1.82, 2.24) is 0 Å². The van der Waals surface area contributed by atoms with Gasteiger partial charge in [0.05, 0.1) is 26.9 Å². The lowest BCUT2D eigenvalue weighted by molar-refractivity contribution is -0.401. The fourth-order valence-electron chi connectivity index (χ4n) is 1.96. The number of anilines is 2. The maximum absolute atomic E-state index is 11.2. The lowest BCUT2D eigenvalue weighted by Crippen LogP contribution is -2.03. The molecule has 0 saturated heterocycles. The van der Waals surface area contributed by atoms with Gasteiger partial charge in [-0.25, -0.2) is 0 Å². The van der Waals surface area contributed by atoms with Crippen molar-refractivity contribution in [1.29, 1.82) is 0 Å². The molecule has 2 rings (SSSR count). The predicted molar refractivity (Wildman–Crippen MR) is 87.9 cm³/mol. The predicted octanol–water partition coefficient (Wildman–Crippen LogP) is 3.88. The summed E-state index contributed by atoms with van der Waals surface area (Å²) >= 11 is 1.42. The van der Waals surface area contributed by atoms with E-state index in [-0.39, 0.29) is 0 Å². The molecular formula is C13H10N4O6S. The third-order valence-electron chi connectivity index (χ3n) is 3.02. The van der Waals surface area contributed by atoms with E-state index in [4.69, 9.17) is 0 Å². The Balaban J connectivity index is 2.63. The van der Waals surface area contributed by atoms with E-state index in [9.17, 15) is 30.3 Å². The Hall–Kier alpha value is -3.21. The Morgan fingerprint density at radius 2 is 1.50 bits per heavy atom. The van der Waals surface area contributed by atoms with Crippen LogP contribution in [0.2, 0.25) is 0 Å². The fourth-order valence-corrected chi connectivity index (χ4v) is 2.42. The van der Waals surface area contributed by atoms with Gasteiger partial charge in [-0.3, -0.25) is 30.3 Å². The lowest BCUT2D eigenvalue weighted by atomic mass is 10.2. The average molecular weight is 350 g/mol. The van der Waals surface area contributed by atoms with Crippen LogP contribution in [0.4, 0.5) is 28.4 Å². The van der Waals surface area contributed by atoms with E-state index in [2.05, 4.69) is 5.32 Å². The minimum absolute atomic E-state index is 0.391. The van der Waals surface area contributed by atoms with Crippen LogP contribution in [0.1, 0.15) is 0 Å². The molecule has 0 radical (unpaired) electrons. The normalized spacial score (nSPS) is 10.2. The van der Waals surface area contributed by atoms with Gasteiger partial charge in [-0.15, -0.1) is 11.8 Å². The number of nitrogens with one attached hydrogen (secondary N) is 1. The zero-order valence-corrected chi connectivity index (χ0v) is 13.0. The number of non-ortho nitro benzene ring substituents is 1. The molecule has 0 spiro atoms. The third-order valence-corrected chi connectivity index (χ3v) is 3.75. The maximum atomic E-state index is 11.2. The van der Waals surface area contributed by atoms with Gasteiger partial charge < -0.3 is 5.32 Å². The number of nitro benzene ring substituents is 3. The molecule has 2 aromatic rings. The molecule has 0 amide bonds. The average Bonchev–Trinajstić information content (AvgIpc) is 2.54. The first-order valence-electron chi connectivity index (χ1n) is 6.35. The number of hydrogen-bond acceptors (Lipinski definition) is 8. The van der Waals surface area contributed by atoms with E-state index in [1.165, 1.54) is 11.8 Å². The highest BCUT2D eigenvalue weighted by molar-refractivity contribution is 7.98. The van der Waals surface area contributed by atoms with E-state index >= 15 is 0 Å². The molecule has 0 aromatic heterocycles. The minimum Gasteiger partial charge on any atom is -0.344 e. The van der Waals surface area contributed by atoms with Gasteiger partial charge in [0.1, 0.15) is 0 Å². The molecule has 0 aliphatic rings. The van der Waals surface area contributed by atoms with Crippen LogP contribution < -0.4 is 5.32 Å². The van der Waals surface area contributed by atoms with Crippen molar-refractivity contribution in [2.45, 2.75) is 4.90 Å². The van der Waals surface area contributed by atoms with Crippen molar-refractivity contribution in [3.05, 3.63) is 66.7 Å². The largest absolute Gasteiger partial charge is 0.344 e. The maximum Gasteiger partial charge on any atom is 0.306 e. The van der Waals surface area contributed by atoms with Crippen LogP contribution in [0.25, 0.3) is 0 Å². The zero-order chi connectivity index (χ0) is 17.9. The smallest absolute Gasteiger partial charge is 0.306 e. The molecule has 0 aliphatic heterocycles. The Morgan fingerprint density at radius 3 is 1.96 bits per heavy atom. The number of rotatable bonds is 6. The molecule has 11 heteroatoms. The summed E-state index contributed by atoms with van der Waals surface area (Å²) in [6.45, 7) is 0. The van der Waals surface area contributed by atoms with Crippen molar-refractivity contribution >= 4 is 40.2 Å². The molecular weight excluding hydrogens is 340 g/mol.